The van der Waals surface area contributed by atoms with Crippen molar-refractivity contribution >= 4 is 17.3 Å². The van der Waals surface area contributed by atoms with E-state index in [2.05, 4.69) is 26.7 Å². The molecule has 0 fully saturated rings. The third-order valence-corrected chi connectivity index (χ3v) is 2.67. The molecular weight excluding hydrogens is 266 g/mol. The van der Waals surface area contributed by atoms with Crippen LogP contribution >= 0.6 is 0 Å². The van der Waals surface area contributed by atoms with Crippen molar-refractivity contribution in [3.8, 4) is 6.07 Å². The lowest BCUT2D eigenvalue weighted by atomic mass is 10.2. The van der Waals surface area contributed by atoms with Gasteiger partial charge in [0, 0.05) is 25.4 Å². The van der Waals surface area contributed by atoms with Crippen LogP contribution in [-0.2, 0) is 11.3 Å². The Labute approximate surface area is 123 Å². The fourth-order valence-corrected chi connectivity index (χ4v) is 1.84. The smallest absolute Gasteiger partial charge is 0.158 e. The number of nitrogens with one attached hydrogen (secondary N) is 2. The minimum atomic E-state index is 0.339. The highest BCUT2D eigenvalue weighted by atomic mass is 16.5. The van der Waals surface area contributed by atoms with Gasteiger partial charge in [-0.25, -0.2) is 9.97 Å². The van der Waals surface area contributed by atoms with Gasteiger partial charge in [-0.3, -0.25) is 0 Å². The van der Waals surface area contributed by atoms with Gasteiger partial charge < -0.3 is 15.4 Å². The molecule has 0 atom stereocenters. The number of methoxy groups -OCH3 is 1. The van der Waals surface area contributed by atoms with Gasteiger partial charge in [-0.2, -0.15) is 5.26 Å². The average molecular weight is 283 g/mol. The maximum Gasteiger partial charge on any atom is 0.158 e. The molecular formula is C15H17N5O. The summed E-state index contributed by atoms with van der Waals surface area (Å²) in [5, 5.41) is 15.3. The lowest BCUT2D eigenvalue weighted by molar-refractivity contribution is 0.178. The summed E-state index contributed by atoms with van der Waals surface area (Å²) in [5.74, 6) is 1.98. The summed E-state index contributed by atoms with van der Waals surface area (Å²) in [4.78, 5) is 8.73. The normalized spacial score (nSPS) is 9.95. The molecule has 0 aliphatic carbocycles. The number of benzene rings is 1. The summed E-state index contributed by atoms with van der Waals surface area (Å²) >= 11 is 0. The van der Waals surface area contributed by atoms with E-state index in [9.17, 15) is 0 Å². The van der Waals surface area contributed by atoms with E-state index in [1.807, 2.05) is 25.1 Å². The van der Waals surface area contributed by atoms with Crippen LogP contribution in [0.4, 0.5) is 17.3 Å². The number of anilines is 3. The molecule has 6 nitrogen and oxygen atoms in total. The van der Waals surface area contributed by atoms with Gasteiger partial charge in [-0.15, -0.1) is 0 Å². The van der Waals surface area contributed by atoms with E-state index in [-0.39, 0.29) is 0 Å². The van der Waals surface area contributed by atoms with Gasteiger partial charge in [0.25, 0.3) is 0 Å². The quantitative estimate of drug-likeness (QED) is 0.848. The Morgan fingerprint density at radius 3 is 2.76 bits per heavy atom. The number of hydrogen-bond acceptors (Lipinski definition) is 6. The standard InChI is InChI=1S/C15H17N5O/c1-3-17-13-8-14(20-15(19-13)10-21-2)18-12-6-4-5-11(7-12)9-16/h4-8H,3,10H2,1-2H3,(H2,17,18,19,20). The van der Waals surface area contributed by atoms with Crippen LogP contribution in [0.1, 0.15) is 18.3 Å². The molecule has 6 heteroatoms. The number of aromatic nitrogens is 2. The van der Waals surface area contributed by atoms with Crippen LogP contribution in [0, 0.1) is 11.3 Å². The van der Waals surface area contributed by atoms with E-state index in [1.165, 1.54) is 0 Å². The molecule has 2 N–H and O–H groups in total. The molecule has 0 aliphatic heterocycles. The summed E-state index contributed by atoms with van der Waals surface area (Å²) in [6.45, 7) is 3.11. The first-order chi connectivity index (χ1) is 10.2. The molecule has 0 spiro atoms. The van der Waals surface area contributed by atoms with Gasteiger partial charge in [0.1, 0.15) is 18.2 Å². The van der Waals surface area contributed by atoms with Crippen LogP contribution in [0.2, 0.25) is 0 Å². The first kappa shape index (κ1) is 14.8. The Morgan fingerprint density at radius 1 is 1.24 bits per heavy atom. The fourth-order valence-electron chi connectivity index (χ4n) is 1.84. The van der Waals surface area contributed by atoms with Gasteiger partial charge in [-0.1, -0.05) is 6.07 Å². The molecule has 0 unspecified atom stereocenters. The van der Waals surface area contributed by atoms with Crippen molar-refractivity contribution in [1.82, 2.24) is 9.97 Å². The Morgan fingerprint density at radius 2 is 2.05 bits per heavy atom. The molecule has 2 rings (SSSR count). The van der Waals surface area contributed by atoms with Gasteiger partial charge in [0.15, 0.2) is 5.82 Å². The van der Waals surface area contributed by atoms with Crippen molar-refractivity contribution < 1.29 is 4.74 Å². The van der Waals surface area contributed by atoms with E-state index in [0.29, 0.717) is 23.8 Å². The van der Waals surface area contributed by atoms with Crippen LogP contribution in [0.25, 0.3) is 0 Å². The van der Waals surface area contributed by atoms with E-state index in [1.54, 1.807) is 19.2 Å². The molecule has 1 aromatic heterocycles. The molecule has 21 heavy (non-hydrogen) atoms. The van der Waals surface area contributed by atoms with Crippen LogP contribution in [0.5, 0.6) is 0 Å². The zero-order valence-corrected chi connectivity index (χ0v) is 12.1. The van der Waals surface area contributed by atoms with E-state index in [0.717, 1.165) is 18.1 Å². The second kappa shape index (κ2) is 7.22. The molecule has 108 valence electrons. The van der Waals surface area contributed by atoms with Gasteiger partial charge in [-0.05, 0) is 25.1 Å². The SMILES string of the molecule is CCNc1cc(Nc2cccc(C#N)c2)nc(COC)n1. The zero-order chi connectivity index (χ0) is 15.1. The Hall–Kier alpha value is -2.65. The molecule has 0 saturated carbocycles. The third-order valence-electron chi connectivity index (χ3n) is 2.67. The predicted octanol–water partition coefficient (Wildman–Crippen LogP) is 2.67. The molecule has 1 aromatic carbocycles. The van der Waals surface area contributed by atoms with Crippen molar-refractivity contribution in [1.29, 1.82) is 5.26 Å². The molecule has 0 radical (unpaired) electrons. The minimum absolute atomic E-state index is 0.339. The number of rotatable bonds is 6. The monoisotopic (exact) mass is 283 g/mol. The average Bonchev–Trinajstić information content (AvgIpc) is 2.48. The van der Waals surface area contributed by atoms with Crippen molar-refractivity contribution in [2.75, 3.05) is 24.3 Å². The number of nitrogens with zero attached hydrogens (tertiary/aromatic N) is 3. The summed E-state index contributed by atoms with van der Waals surface area (Å²) in [5.41, 5.74) is 1.40. The van der Waals surface area contributed by atoms with Crippen molar-refractivity contribution in [2.45, 2.75) is 13.5 Å². The summed E-state index contributed by atoms with van der Waals surface area (Å²) in [7, 11) is 1.60. The lowest BCUT2D eigenvalue weighted by Crippen LogP contribution is -2.06. The van der Waals surface area contributed by atoms with Crippen molar-refractivity contribution in [3.05, 3.63) is 41.7 Å². The predicted molar refractivity (Wildman–Crippen MR) is 81.3 cm³/mol. The molecule has 1 heterocycles. The highest BCUT2D eigenvalue weighted by molar-refractivity contribution is 5.60. The highest BCUT2D eigenvalue weighted by Gasteiger charge is 2.05. The highest BCUT2D eigenvalue weighted by Crippen LogP contribution is 2.18. The third kappa shape index (κ3) is 4.16. The molecule has 0 amide bonds. The Kier molecular flexibility index (Phi) is 5.07. The van der Waals surface area contributed by atoms with Crippen LogP contribution in [-0.4, -0.2) is 23.6 Å². The first-order valence-corrected chi connectivity index (χ1v) is 6.63. The van der Waals surface area contributed by atoms with Crippen LogP contribution in [0.3, 0.4) is 0 Å². The maximum atomic E-state index is 8.93. The van der Waals surface area contributed by atoms with E-state index >= 15 is 0 Å². The second-order valence-electron chi connectivity index (χ2n) is 4.34. The Bertz CT molecular complexity index is 627. The molecule has 0 saturated heterocycles. The number of hydrogen-bond donors (Lipinski definition) is 2. The fraction of sp³-hybridized carbons (Fsp3) is 0.267. The maximum absolute atomic E-state index is 8.93. The zero-order valence-electron chi connectivity index (χ0n) is 12.1. The molecule has 2 aromatic rings. The van der Waals surface area contributed by atoms with E-state index in [4.69, 9.17) is 10.00 Å². The minimum Gasteiger partial charge on any atom is -0.377 e. The Balaban J connectivity index is 2.27. The first-order valence-electron chi connectivity index (χ1n) is 6.63. The number of ether oxygens (including phenoxy) is 1. The van der Waals surface area contributed by atoms with Crippen LogP contribution < -0.4 is 10.6 Å². The van der Waals surface area contributed by atoms with Gasteiger partial charge in [0.05, 0.1) is 11.6 Å². The lowest BCUT2D eigenvalue weighted by Gasteiger charge is -2.10. The molecule has 0 aliphatic rings. The van der Waals surface area contributed by atoms with Crippen LogP contribution in [0.15, 0.2) is 30.3 Å². The molecule has 0 bridgehead atoms. The summed E-state index contributed by atoms with van der Waals surface area (Å²) in [6, 6.07) is 11.2. The topological polar surface area (TPSA) is 82.9 Å². The summed E-state index contributed by atoms with van der Waals surface area (Å²) < 4.78 is 5.08. The van der Waals surface area contributed by atoms with Crippen molar-refractivity contribution in [3.63, 3.8) is 0 Å². The van der Waals surface area contributed by atoms with Gasteiger partial charge >= 0.3 is 0 Å². The number of nitriles is 1. The van der Waals surface area contributed by atoms with Gasteiger partial charge in [0.2, 0.25) is 0 Å². The summed E-state index contributed by atoms with van der Waals surface area (Å²) in [6.07, 6.45) is 0. The second-order valence-corrected chi connectivity index (χ2v) is 4.34. The largest absolute Gasteiger partial charge is 0.377 e. The van der Waals surface area contributed by atoms with Crippen molar-refractivity contribution in [2.24, 2.45) is 0 Å². The van der Waals surface area contributed by atoms with E-state index < -0.39 is 0 Å².